The molecule has 0 aliphatic carbocycles. The smallest absolute Gasteiger partial charge is 0.270 e. The van der Waals surface area contributed by atoms with Gasteiger partial charge in [-0.3, -0.25) is 4.79 Å². The lowest BCUT2D eigenvalue weighted by molar-refractivity contribution is 0.0935. The van der Waals surface area contributed by atoms with Gasteiger partial charge in [-0.2, -0.15) is 0 Å². The van der Waals surface area contributed by atoms with Crippen LogP contribution in [0.1, 0.15) is 29.0 Å². The van der Waals surface area contributed by atoms with Gasteiger partial charge < -0.3 is 10.6 Å². The summed E-state index contributed by atoms with van der Waals surface area (Å²) in [5.74, 6) is 0.488. The Kier molecular flexibility index (Phi) is 4.74. The number of hydrogen-bond donors (Lipinski definition) is 2. The van der Waals surface area contributed by atoms with E-state index in [1.165, 1.54) is 0 Å². The lowest BCUT2D eigenvalue weighted by Crippen LogP contribution is -2.27. The Labute approximate surface area is 126 Å². The van der Waals surface area contributed by atoms with Crippen molar-refractivity contribution in [2.75, 3.05) is 12.4 Å². The molecule has 1 atom stereocenters. The van der Waals surface area contributed by atoms with Crippen molar-refractivity contribution < 1.29 is 4.79 Å². The number of nitrogens with zero attached hydrogens (tertiary/aromatic N) is 1. The zero-order valence-electron chi connectivity index (χ0n) is 11.4. The second kappa shape index (κ2) is 6.52. The number of aromatic nitrogens is 1. The molecule has 0 fully saturated rings. The van der Waals surface area contributed by atoms with Crippen LogP contribution in [-0.4, -0.2) is 17.9 Å². The number of halogens is 1. The quantitative estimate of drug-likeness (QED) is 0.901. The summed E-state index contributed by atoms with van der Waals surface area (Å²) in [5, 5.41) is 5.86. The molecule has 0 saturated heterocycles. The zero-order chi connectivity index (χ0) is 14.5. The third-order valence-corrected chi connectivity index (χ3v) is 3.43. The molecule has 2 rings (SSSR count). The van der Waals surface area contributed by atoms with Gasteiger partial charge in [0.15, 0.2) is 0 Å². The van der Waals surface area contributed by atoms with Gasteiger partial charge in [-0.1, -0.05) is 34.1 Å². The number of benzene rings is 1. The molecule has 1 aromatic carbocycles. The highest BCUT2D eigenvalue weighted by atomic mass is 79.9. The van der Waals surface area contributed by atoms with Crippen LogP contribution in [0.5, 0.6) is 0 Å². The van der Waals surface area contributed by atoms with Gasteiger partial charge in [-0.15, -0.1) is 0 Å². The molecule has 4 nitrogen and oxygen atoms in total. The van der Waals surface area contributed by atoms with Crippen molar-refractivity contribution in [3.63, 3.8) is 0 Å². The fourth-order valence-electron chi connectivity index (χ4n) is 1.83. The molecule has 0 saturated carbocycles. The first-order valence-corrected chi connectivity index (χ1v) is 7.10. The van der Waals surface area contributed by atoms with Gasteiger partial charge in [0.05, 0.1) is 6.04 Å². The number of anilines is 1. The molecule has 0 bridgehead atoms. The Bertz CT molecular complexity index is 616. The van der Waals surface area contributed by atoms with E-state index in [2.05, 4.69) is 31.5 Å². The molecule has 5 heteroatoms. The van der Waals surface area contributed by atoms with Gasteiger partial charge >= 0.3 is 0 Å². The molecule has 1 aromatic heterocycles. The number of carbonyl (C=O) groups excluding carboxylic acids is 1. The first-order chi connectivity index (χ1) is 9.60. The molecule has 1 heterocycles. The van der Waals surface area contributed by atoms with Crippen LogP contribution in [0.2, 0.25) is 0 Å². The molecular weight excluding hydrogens is 318 g/mol. The summed E-state index contributed by atoms with van der Waals surface area (Å²) in [4.78, 5) is 16.4. The predicted octanol–water partition coefficient (Wildman–Crippen LogP) is 3.38. The van der Waals surface area contributed by atoms with E-state index in [1.54, 1.807) is 19.2 Å². The number of amides is 1. The maximum atomic E-state index is 12.2. The molecule has 0 aliphatic rings. The van der Waals surface area contributed by atoms with Crippen molar-refractivity contribution in [1.82, 2.24) is 10.3 Å². The minimum absolute atomic E-state index is 0.0833. The van der Waals surface area contributed by atoms with E-state index < -0.39 is 0 Å². The second-order valence-electron chi connectivity index (χ2n) is 4.41. The number of rotatable bonds is 4. The molecule has 0 spiro atoms. The molecule has 2 N–H and O–H groups in total. The highest BCUT2D eigenvalue weighted by molar-refractivity contribution is 9.10. The Morgan fingerprint density at radius 3 is 2.70 bits per heavy atom. The minimum Gasteiger partial charge on any atom is -0.373 e. The van der Waals surface area contributed by atoms with Gasteiger partial charge in [0.1, 0.15) is 11.5 Å². The van der Waals surface area contributed by atoms with Crippen molar-refractivity contribution in [3.05, 3.63) is 58.2 Å². The molecular formula is C15H16BrN3O. The lowest BCUT2D eigenvalue weighted by atomic mass is 10.1. The topological polar surface area (TPSA) is 54.0 Å². The van der Waals surface area contributed by atoms with Crippen LogP contribution < -0.4 is 10.6 Å². The highest BCUT2D eigenvalue weighted by Crippen LogP contribution is 2.18. The van der Waals surface area contributed by atoms with Gasteiger partial charge in [-0.05, 0) is 36.8 Å². The summed E-state index contributed by atoms with van der Waals surface area (Å²) in [7, 11) is 1.77. The average Bonchev–Trinajstić information content (AvgIpc) is 2.47. The fraction of sp³-hybridized carbons (Fsp3) is 0.200. The molecule has 20 heavy (non-hydrogen) atoms. The Hall–Kier alpha value is -1.88. The van der Waals surface area contributed by atoms with Crippen LogP contribution in [0, 0.1) is 0 Å². The van der Waals surface area contributed by atoms with E-state index in [4.69, 9.17) is 0 Å². The maximum Gasteiger partial charge on any atom is 0.270 e. The van der Waals surface area contributed by atoms with Crippen LogP contribution in [0.15, 0.2) is 46.9 Å². The zero-order valence-corrected chi connectivity index (χ0v) is 12.9. The van der Waals surface area contributed by atoms with E-state index in [0.717, 1.165) is 10.0 Å². The largest absolute Gasteiger partial charge is 0.373 e. The summed E-state index contributed by atoms with van der Waals surface area (Å²) in [6, 6.07) is 13.1. The van der Waals surface area contributed by atoms with Crippen molar-refractivity contribution in [3.8, 4) is 0 Å². The molecule has 2 aromatic rings. The summed E-state index contributed by atoms with van der Waals surface area (Å²) >= 11 is 3.43. The average molecular weight is 334 g/mol. The van der Waals surface area contributed by atoms with Gasteiger partial charge in [0.2, 0.25) is 0 Å². The Morgan fingerprint density at radius 2 is 2.00 bits per heavy atom. The first-order valence-electron chi connectivity index (χ1n) is 6.31. The Morgan fingerprint density at radius 1 is 1.25 bits per heavy atom. The van der Waals surface area contributed by atoms with E-state index in [1.807, 2.05) is 37.3 Å². The van der Waals surface area contributed by atoms with Crippen LogP contribution in [0.25, 0.3) is 0 Å². The molecule has 104 valence electrons. The summed E-state index contributed by atoms with van der Waals surface area (Å²) in [6.07, 6.45) is 0. The van der Waals surface area contributed by atoms with Crippen LogP contribution in [0.4, 0.5) is 5.82 Å². The lowest BCUT2D eigenvalue weighted by Gasteiger charge is -2.14. The first kappa shape index (κ1) is 14.5. The third kappa shape index (κ3) is 3.57. The maximum absolute atomic E-state index is 12.2. The van der Waals surface area contributed by atoms with Crippen LogP contribution in [-0.2, 0) is 0 Å². The molecule has 0 aliphatic heterocycles. The molecule has 1 unspecified atom stereocenters. The number of hydrogen-bond acceptors (Lipinski definition) is 3. The van der Waals surface area contributed by atoms with E-state index in [-0.39, 0.29) is 11.9 Å². The summed E-state index contributed by atoms with van der Waals surface area (Å²) in [6.45, 7) is 1.95. The summed E-state index contributed by atoms with van der Waals surface area (Å²) in [5.41, 5.74) is 1.44. The highest BCUT2D eigenvalue weighted by Gasteiger charge is 2.13. The second-order valence-corrected chi connectivity index (χ2v) is 5.32. The van der Waals surface area contributed by atoms with E-state index >= 15 is 0 Å². The van der Waals surface area contributed by atoms with Crippen LogP contribution in [0.3, 0.4) is 0 Å². The van der Waals surface area contributed by atoms with Gasteiger partial charge in [-0.25, -0.2) is 4.98 Å². The fourth-order valence-corrected chi connectivity index (χ4v) is 2.25. The predicted molar refractivity (Wildman–Crippen MR) is 83.8 cm³/mol. The van der Waals surface area contributed by atoms with Gasteiger partial charge in [0, 0.05) is 11.5 Å². The SMILES string of the molecule is CNc1cccc(C(=O)NC(C)c2cccc(Br)c2)n1. The normalized spacial score (nSPS) is 11.8. The number of carbonyl (C=O) groups is 1. The third-order valence-electron chi connectivity index (χ3n) is 2.93. The van der Waals surface area contributed by atoms with Crippen molar-refractivity contribution in [2.24, 2.45) is 0 Å². The number of nitrogens with one attached hydrogen (secondary N) is 2. The monoisotopic (exact) mass is 333 g/mol. The molecule has 0 radical (unpaired) electrons. The Balaban J connectivity index is 2.10. The van der Waals surface area contributed by atoms with Crippen molar-refractivity contribution >= 4 is 27.7 Å². The van der Waals surface area contributed by atoms with E-state index in [0.29, 0.717) is 11.5 Å². The summed E-state index contributed by atoms with van der Waals surface area (Å²) < 4.78 is 0.992. The standard InChI is InChI=1S/C15H16BrN3O/c1-10(11-5-3-6-12(16)9-11)18-15(20)13-7-4-8-14(17-2)19-13/h3-10H,1-2H3,(H,17,19)(H,18,20). The number of pyridine rings is 1. The van der Waals surface area contributed by atoms with Crippen molar-refractivity contribution in [2.45, 2.75) is 13.0 Å². The van der Waals surface area contributed by atoms with E-state index in [9.17, 15) is 4.79 Å². The van der Waals surface area contributed by atoms with Crippen LogP contribution >= 0.6 is 15.9 Å². The minimum atomic E-state index is -0.186. The van der Waals surface area contributed by atoms with Crippen molar-refractivity contribution in [1.29, 1.82) is 0 Å². The molecule has 1 amide bonds. The van der Waals surface area contributed by atoms with Gasteiger partial charge in [0.25, 0.3) is 5.91 Å².